The van der Waals surface area contributed by atoms with E-state index in [2.05, 4.69) is 10.1 Å². The van der Waals surface area contributed by atoms with Crippen molar-refractivity contribution in [2.45, 2.75) is 6.36 Å². The van der Waals surface area contributed by atoms with E-state index in [4.69, 9.17) is 0 Å². The van der Waals surface area contributed by atoms with Gasteiger partial charge in [-0.3, -0.25) is 9.59 Å². The number of carbonyl (C=O) groups excluding carboxylic acids is 2. The van der Waals surface area contributed by atoms with Crippen molar-refractivity contribution in [2.24, 2.45) is 0 Å². The van der Waals surface area contributed by atoms with Crippen LogP contribution in [-0.2, 0) is 4.79 Å². The van der Waals surface area contributed by atoms with Crippen LogP contribution in [-0.4, -0.2) is 36.7 Å². The third kappa shape index (κ3) is 5.83. The van der Waals surface area contributed by atoms with Crippen LogP contribution in [0.2, 0.25) is 0 Å². The molecule has 0 saturated heterocycles. The van der Waals surface area contributed by atoms with Gasteiger partial charge in [-0.25, -0.2) is 0 Å². The summed E-state index contributed by atoms with van der Waals surface area (Å²) in [6, 6.07) is 13.2. The first-order valence-electron chi connectivity index (χ1n) is 7.21. The van der Waals surface area contributed by atoms with E-state index in [1.165, 1.54) is 24.1 Å². The molecule has 0 heterocycles. The molecule has 0 saturated carbocycles. The third-order valence-corrected chi connectivity index (χ3v) is 3.12. The first-order chi connectivity index (χ1) is 11.7. The van der Waals surface area contributed by atoms with Gasteiger partial charge in [0.05, 0.1) is 6.54 Å². The van der Waals surface area contributed by atoms with E-state index in [1.54, 1.807) is 30.3 Å². The van der Waals surface area contributed by atoms with Gasteiger partial charge in [-0.2, -0.15) is 0 Å². The highest BCUT2D eigenvalue weighted by molar-refractivity contribution is 5.99. The van der Waals surface area contributed by atoms with Crippen molar-refractivity contribution in [3.05, 3.63) is 60.2 Å². The van der Waals surface area contributed by atoms with Crippen LogP contribution in [0.4, 0.5) is 18.9 Å². The Hall–Kier alpha value is -3.03. The summed E-state index contributed by atoms with van der Waals surface area (Å²) < 4.78 is 40.0. The summed E-state index contributed by atoms with van der Waals surface area (Å²) in [5, 5.41) is 2.50. The number of anilines is 1. The Kier molecular flexibility index (Phi) is 5.63. The molecule has 0 bridgehead atoms. The zero-order chi connectivity index (χ0) is 18.4. The summed E-state index contributed by atoms with van der Waals surface area (Å²) in [5.74, 6) is -1.18. The molecule has 132 valence electrons. The van der Waals surface area contributed by atoms with Gasteiger partial charge in [-0.15, -0.1) is 13.2 Å². The van der Waals surface area contributed by atoms with E-state index >= 15 is 0 Å². The molecule has 0 aromatic heterocycles. The van der Waals surface area contributed by atoms with Crippen LogP contribution in [0.15, 0.2) is 54.6 Å². The number of benzene rings is 2. The second-order valence-electron chi connectivity index (χ2n) is 5.15. The Labute approximate surface area is 142 Å². The van der Waals surface area contributed by atoms with Crippen LogP contribution in [0, 0.1) is 0 Å². The van der Waals surface area contributed by atoms with Gasteiger partial charge in [0.25, 0.3) is 5.91 Å². The Bertz CT molecular complexity index is 731. The van der Waals surface area contributed by atoms with Crippen molar-refractivity contribution >= 4 is 17.5 Å². The van der Waals surface area contributed by atoms with Gasteiger partial charge in [0.15, 0.2) is 0 Å². The number of ether oxygens (including phenoxy) is 1. The predicted octanol–water partition coefficient (Wildman–Crippen LogP) is 3.30. The lowest BCUT2D eigenvalue weighted by Crippen LogP contribution is -2.34. The van der Waals surface area contributed by atoms with Crippen LogP contribution in [0.1, 0.15) is 10.4 Å². The second-order valence-corrected chi connectivity index (χ2v) is 5.15. The molecule has 0 fully saturated rings. The SMILES string of the molecule is CN(CC(=O)Nc1ccc(OC(F)(F)F)cc1)C(=O)c1ccccc1. The minimum Gasteiger partial charge on any atom is -0.406 e. The van der Waals surface area contributed by atoms with Crippen molar-refractivity contribution < 1.29 is 27.5 Å². The summed E-state index contributed by atoms with van der Waals surface area (Å²) in [6.45, 7) is -0.200. The van der Waals surface area contributed by atoms with Crippen LogP contribution >= 0.6 is 0 Å². The molecule has 0 aliphatic rings. The molecule has 0 aliphatic carbocycles. The standard InChI is InChI=1S/C17H15F3N2O3/c1-22(16(24)12-5-3-2-4-6-12)11-15(23)21-13-7-9-14(10-8-13)25-17(18,19)20/h2-10H,11H2,1H3,(H,21,23). The Morgan fingerprint density at radius 2 is 1.64 bits per heavy atom. The highest BCUT2D eigenvalue weighted by atomic mass is 19.4. The Balaban J connectivity index is 1.90. The smallest absolute Gasteiger partial charge is 0.406 e. The molecule has 8 heteroatoms. The van der Waals surface area contributed by atoms with Gasteiger partial charge in [0, 0.05) is 18.3 Å². The zero-order valence-electron chi connectivity index (χ0n) is 13.2. The number of hydrogen-bond donors (Lipinski definition) is 1. The maximum Gasteiger partial charge on any atom is 0.573 e. The molecule has 5 nitrogen and oxygen atoms in total. The molecule has 1 N–H and O–H groups in total. The monoisotopic (exact) mass is 352 g/mol. The summed E-state index contributed by atoms with van der Waals surface area (Å²) in [7, 11) is 1.48. The van der Waals surface area contributed by atoms with Crippen LogP contribution in [0.5, 0.6) is 5.75 Å². The third-order valence-electron chi connectivity index (χ3n) is 3.12. The normalized spacial score (nSPS) is 10.9. The molecule has 2 aromatic rings. The lowest BCUT2D eigenvalue weighted by molar-refractivity contribution is -0.274. The summed E-state index contributed by atoms with van der Waals surface area (Å²) in [6.07, 6.45) is -4.77. The number of carbonyl (C=O) groups is 2. The van der Waals surface area contributed by atoms with Gasteiger partial charge in [0.1, 0.15) is 5.75 Å². The van der Waals surface area contributed by atoms with Crippen LogP contribution in [0.3, 0.4) is 0 Å². The van der Waals surface area contributed by atoms with Crippen molar-refractivity contribution in [3.8, 4) is 5.75 Å². The molecule has 2 aromatic carbocycles. The zero-order valence-corrected chi connectivity index (χ0v) is 13.2. The van der Waals surface area contributed by atoms with E-state index in [9.17, 15) is 22.8 Å². The molecule has 25 heavy (non-hydrogen) atoms. The maximum atomic E-state index is 12.1. The molecule has 0 aliphatic heterocycles. The predicted molar refractivity (Wildman–Crippen MR) is 85.2 cm³/mol. The topological polar surface area (TPSA) is 58.6 Å². The average molecular weight is 352 g/mol. The fraction of sp³-hybridized carbons (Fsp3) is 0.176. The fourth-order valence-electron chi connectivity index (χ4n) is 2.03. The number of nitrogens with zero attached hydrogens (tertiary/aromatic N) is 1. The van der Waals surface area contributed by atoms with Crippen molar-refractivity contribution in [2.75, 3.05) is 18.9 Å². The molecule has 0 radical (unpaired) electrons. The minimum absolute atomic E-state index is 0.200. The number of nitrogens with one attached hydrogen (secondary N) is 1. The lowest BCUT2D eigenvalue weighted by atomic mass is 10.2. The van der Waals surface area contributed by atoms with Gasteiger partial charge < -0.3 is 15.0 Å². The largest absolute Gasteiger partial charge is 0.573 e. The van der Waals surface area contributed by atoms with Gasteiger partial charge in [-0.05, 0) is 36.4 Å². The molecular weight excluding hydrogens is 337 g/mol. The van der Waals surface area contributed by atoms with E-state index in [1.807, 2.05) is 0 Å². The number of rotatable bonds is 5. The van der Waals surface area contributed by atoms with Crippen LogP contribution < -0.4 is 10.1 Å². The fourth-order valence-corrected chi connectivity index (χ4v) is 2.03. The van der Waals surface area contributed by atoms with Gasteiger partial charge >= 0.3 is 6.36 Å². The summed E-state index contributed by atoms with van der Waals surface area (Å²) in [5.41, 5.74) is 0.742. The summed E-state index contributed by atoms with van der Waals surface area (Å²) in [4.78, 5) is 25.3. The van der Waals surface area contributed by atoms with E-state index in [-0.39, 0.29) is 18.2 Å². The van der Waals surface area contributed by atoms with E-state index in [0.717, 1.165) is 12.1 Å². The van der Waals surface area contributed by atoms with Gasteiger partial charge in [-0.1, -0.05) is 18.2 Å². The molecule has 2 amide bonds. The summed E-state index contributed by atoms with van der Waals surface area (Å²) >= 11 is 0. The molecule has 0 unspecified atom stereocenters. The highest BCUT2D eigenvalue weighted by Crippen LogP contribution is 2.23. The Morgan fingerprint density at radius 3 is 2.20 bits per heavy atom. The number of alkyl halides is 3. The van der Waals surface area contributed by atoms with E-state index < -0.39 is 12.3 Å². The van der Waals surface area contributed by atoms with Crippen LogP contribution in [0.25, 0.3) is 0 Å². The molecular formula is C17H15F3N2O3. The minimum atomic E-state index is -4.77. The number of halogens is 3. The first-order valence-corrected chi connectivity index (χ1v) is 7.21. The van der Waals surface area contributed by atoms with Crippen molar-refractivity contribution in [1.82, 2.24) is 4.90 Å². The van der Waals surface area contributed by atoms with E-state index in [0.29, 0.717) is 11.3 Å². The quantitative estimate of drug-likeness (QED) is 0.898. The number of hydrogen-bond acceptors (Lipinski definition) is 3. The lowest BCUT2D eigenvalue weighted by Gasteiger charge is -2.17. The molecule has 0 spiro atoms. The highest BCUT2D eigenvalue weighted by Gasteiger charge is 2.30. The van der Waals surface area contributed by atoms with Crippen molar-refractivity contribution in [1.29, 1.82) is 0 Å². The first kappa shape index (κ1) is 18.3. The number of amides is 2. The molecule has 0 atom stereocenters. The Morgan fingerprint density at radius 1 is 1.04 bits per heavy atom. The number of likely N-dealkylation sites (N-methyl/N-ethyl adjacent to an activating group) is 1. The second kappa shape index (κ2) is 7.69. The van der Waals surface area contributed by atoms with Crippen molar-refractivity contribution in [3.63, 3.8) is 0 Å². The maximum absolute atomic E-state index is 12.1. The average Bonchev–Trinajstić information content (AvgIpc) is 2.55. The van der Waals surface area contributed by atoms with Gasteiger partial charge in [0.2, 0.25) is 5.91 Å². The molecule has 2 rings (SSSR count).